The van der Waals surface area contributed by atoms with E-state index in [2.05, 4.69) is 10.1 Å². The van der Waals surface area contributed by atoms with Crippen LogP contribution in [0.2, 0.25) is 5.02 Å². The number of anilines is 1. The van der Waals surface area contributed by atoms with E-state index in [-0.39, 0.29) is 5.91 Å². The van der Waals surface area contributed by atoms with Crippen molar-refractivity contribution in [2.75, 3.05) is 5.01 Å². The lowest BCUT2D eigenvalue weighted by molar-refractivity contribution is -0.114. The van der Waals surface area contributed by atoms with Crippen molar-refractivity contribution >= 4 is 49.9 Å². The van der Waals surface area contributed by atoms with Crippen molar-refractivity contribution < 1.29 is 4.79 Å². The number of rotatable bonds is 2. The Labute approximate surface area is 146 Å². The number of carbonyl (C=O) groups is 1. The van der Waals surface area contributed by atoms with Gasteiger partial charge in [0, 0.05) is 16.8 Å². The maximum atomic E-state index is 12.7. The third-order valence-electron chi connectivity index (χ3n) is 3.61. The molecule has 1 aliphatic heterocycles. The maximum absolute atomic E-state index is 12.7. The molecule has 3 aromatic rings. The van der Waals surface area contributed by atoms with Gasteiger partial charge in [-0.1, -0.05) is 47.2 Å². The highest BCUT2D eigenvalue weighted by Crippen LogP contribution is 2.33. The zero-order valence-electron chi connectivity index (χ0n) is 12.3. The number of hydrogen-bond donors (Lipinski definition) is 1. The fraction of sp³-hybridized carbons (Fsp3) is 0. The van der Waals surface area contributed by atoms with E-state index in [9.17, 15) is 4.79 Å². The van der Waals surface area contributed by atoms with Gasteiger partial charge in [0.25, 0.3) is 5.91 Å². The number of para-hydroxylation sites is 1. The molecule has 2 heterocycles. The molecule has 0 saturated heterocycles. The van der Waals surface area contributed by atoms with Gasteiger partial charge < -0.3 is 5.73 Å². The average Bonchev–Trinajstić information content (AvgIpc) is 3.15. The summed E-state index contributed by atoms with van der Waals surface area (Å²) in [4.78, 5) is 17.2. The van der Waals surface area contributed by atoms with Crippen molar-refractivity contribution in [3.8, 4) is 0 Å². The number of hydrogen-bond acceptors (Lipinski definition) is 5. The number of halogens is 1. The van der Waals surface area contributed by atoms with Gasteiger partial charge in [-0.25, -0.2) is 4.98 Å². The van der Waals surface area contributed by atoms with Crippen LogP contribution in [0.3, 0.4) is 0 Å². The predicted molar refractivity (Wildman–Crippen MR) is 97.4 cm³/mol. The van der Waals surface area contributed by atoms with Crippen LogP contribution in [-0.4, -0.2) is 16.6 Å². The zero-order valence-corrected chi connectivity index (χ0v) is 13.9. The van der Waals surface area contributed by atoms with Gasteiger partial charge in [-0.15, -0.1) is 0 Å². The summed E-state index contributed by atoms with van der Waals surface area (Å²) >= 11 is 7.45. The summed E-state index contributed by atoms with van der Waals surface area (Å²) in [7, 11) is 0. The number of amides is 1. The summed E-state index contributed by atoms with van der Waals surface area (Å²) in [6, 6.07) is 14.8. The molecule has 1 aliphatic rings. The van der Waals surface area contributed by atoms with Crippen molar-refractivity contribution in [2.24, 2.45) is 10.8 Å². The third kappa shape index (κ3) is 2.36. The van der Waals surface area contributed by atoms with E-state index in [0.717, 1.165) is 15.8 Å². The molecule has 0 spiro atoms. The summed E-state index contributed by atoms with van der Waals surface area (Å²) in [6.45, 7) is 0. The Bertz CT molecular complexity index is 991. The third-order valence-corrected chi connectivity index (χ3v) is 4.85. The number of benzene rings is 2. The van der Waals surface area contributed by atoms with Crippen LogP contribution in [-0.2, 0) is 4.79 Å². The number of nitrogens with two attached hydrogens (primary N) is 1. The molecule has 2 aromatic carbocycles. The topological polar surface area (TPSA) is 71.6 Å². The second-order valence-corrected chi connectivity index (χ2v) is 6.57. The van der Waals surface area contributed by atoms with E-state index in [4.69, 9.17) is 17.3 Å². The van der Waals surface area contributed by atoms with Gasteiger partial charge in [0.05, 0.1) is 15.8 Å². The van der Waals surface area contributed by atoms with Crippen molar-refractivity contribution in [3.05, 3.63) is 70.9 Å². The first-order chi connectivity index (χ1) is 11.7. The first-order valence-electron chi connectivity index (χ1n) is 7.14. The van der Waals surface area contributed by atoms with Crippen molar-refractivity contribution in [3.63, 3.8) is 0 Å². The Balaban J connectivity index is 1.83. The first kappa shape index (κ1) is 14.9. The van der Waals surface area contributed by atoms with Gasteiger partial charge in [0.1, 0.15) is 5.71 Å². The summed E-state index contributed by atoms with van der Waals surface area (Å²) in [5, 5.41) is 6.81. The Morgan fingerprint density at radius 2 is 2.00 bits per heavy atom. The predicted octanol–water partition coefficient (Wildman–Crippen LogP) is 3.54. The van der Waals surface area contributed by atoms with Crippen molar-refractivity contribution in [2.45, 2.75) is 0 Å². The average molecular weight is 355 g/mol. The molecule has 0 saturated carbocycles. The number of nitrogens with zero attached hydrogens (tertiary/aromatic N) is 3. The minimum absolute atomic E-state index is 0.300. The van der Waals surface area contributed by atoms with Gasteiger partial charge in [0.2, 0.25) is 5.13 Å². The Morgan fingerprint density at radius 1 is 1.17 bits per heavy atom. The number of thiazole rings is 1. The van der Waals surface area contributed by atoms with E-state index in [0.29, 0.717) is 21.4 Å². The molecule has 0 aliphatic carbocycles. The second kappa shape index (κ2) is 5.74. The van der Waals surface area contributed by atoms with Crippen molar-refractivity contribution in [1.82, 2.24) is 4.98 Å². The molecular formula is C17H11ClN4OS. The van der Waals surface area contributed by atoms with E-state index < -0.39 is 0 Å². The molecule has 1 amide bonds. The normalized spacial score (nSPS) is 16.2. The Morgan fingerprint density at radius 3 is 2.75 bits per heavy atom. The van der Waals surface area contributed by atoms with Gasteiger partial charge in [-0.05, 0) is 24.3 Å². The smallest absolute Gasteiger partial charge is 0.284 e. The minimum atomic E-state index is -0.300. The molecule has 0 atom stereocenters. The SMILES string of the molecule is N/C=C1/C(=O)N(c2nc3ccccc3s2)N=C1c1cccc(Cl)c1. The summed E-state index contributed by atoms with van der Waals surface area (Å²) in [5.74, 6) is -0.300. The van der Waals surface area contributed by atoms with E-state index in [1.165, 1.54) is 22.5 Å². The lowest BCUT2D eigenvalue weighted by atomic mass is 10.0. The molecule has 24 heavy (non-hydrogen) atoms. The summed E-state index contributed by atoms with van der Waals surface area (Å²) in [5.41, 5.74) is 8.05. The lowest BCUT2D eigenvalue weighted by Gasteiger charge is -2.05. The van der Waals surface area contributed by atoms with Crippen LogP contribution in [0, 0.1) is 0 Å². The molecule has 7 heteroatoms. The maximum Gasteiger partial charge on any atom is 0.284 e. The number of fused-ring (bicyclic) bond motifs is 1. The highest BCUT2D eigenvalue weighted by atomic mass is 35.5. The molecule has 4 rings (SSSR count). The lowest BCUT2D eigenvalue weighted by Crippen LogP contribution is -2.21. The quantitative estimate of drug-likeness (QED) is 0.715. The van der Waals surface area contributed by atoms with Gasteiger partial charge >= 0.3 is 0 Å². The van der Waals surface area contributed by atoms with Crippen LogP contribution < -0.4 is 10.7 Å². The summed E-state index contributed by atoms with van der Waals surface area (Å²) < 4.78 is 0.991. The number of hydrazone groups is 1. The van der Waals surface area contributed by atoms with Crippen LogP contribution in [0.4, 0.5) is 5.13 Å². The van der Waals surface area contributed by atoms with Crippen molar-refractivity contribution in [1.29, 1.82) is 0 Å². The van der Waals surface area contributed by atoms with Gasteiger partial charge in [-0.3, -0.25) is 4.79 Å². The monoisotopic (exact) mass is 354 g/mol. The zero-order chi connectivity index (χ0) is 16.7. The van der Waals surface area contributed by atoms with Gasteiger partial charge in [-0.2, -0.15) is 10.1 Å². The molecule has 0 unspecified atom stereocenters. The molecule has 0 fully saturated rings. The van der Waals surface area contributed by atoms with Crippen LogP contribution in [0.1, 0.15) is 5.56 Å². The molecule has 0 bridgehead atoms. The van der Waals surface area contributed by atoms with Crippen LogP contribution in [0.25, 0.3) is 10.2 Å². The second-order valence-electron chi connectivity index (χ2n) is 5.12. The van der Waals surface area contributed by atoms with E-state index in [1.54, 1.807) is 18.2 Å². The molecule has 118 valence electrons. The van der Waals surface area contributed by atoms with E-state index >= 15 is 0 Å². The highest BCUT2D eigenvalue weighted by Gasteiger charge is 2.33. The van der Waals surface area contributed by atoms with Gasteiger partial charge in [0.15, 0.2) is 0 Å². The molecular weight excluding hydrogens is 344 g/mol. The highest BCUT2D eigenvalue weighted by molar-refractivity contribution is 7.22. The summed E-state index contributed by atoms with van der Waals surface area (Å²) in [6.07, 6.45) is 1.27. The van der Waals surface area contributed by atoms with E-state index in [1.807, 2.05) is 30.3 Å². The molecule has 5 nitrogen and oxygen atoms in total. The fourth-order valence-corrected chi connectivity index (χ4v) is 3.60. The molecule has 2 N–H and O–H groups in total. The number of aromatic nitrogens is 1. The standard InChI is InChI=1S/C17H11ClN4OS/c18-11-5-3-4-10(8-11)15-12(9-19)16(23)22(21-15)17-20-13-6-1-2-7-14(13)24-17/h1-9H,19H2/b12-9+. The van der Waals surface area contributed by atoms with Crippen LogP contribution in [0.15, 0.2) is 65.4 Å². The fourth-order valence-electron chi connectivity index (χ4n) is 2.49. The Kier molecular flexibility index (Phi) is 3.55. The van der Waals surface area contributed by atoms with Crippen LogP contribution in [0.5, 0.6) is 0 Å². The largest absolute Gasteiger partial charge is 0.404 e. The molecule has 1 aromatic heterocycles. The molecule has 0 radical (unpaired) electrons. The van der Waals surface area contributed by atoms with Crippen LogP contribution >= 0.6 is 22.9 Å². The minimum Gasteiger partial charge on any atom is -0.404 e. The Hall–Kier alpha value is -2.70. The first-order valence-corrected chi connectivity index (χ1v) is 8.33. The number of carbonyl (C=O) groups excluding carboxylic acids is 1.